The molecule has 0 spiro atoms. The number of hydrogen-bond acceptors (Lipinski definition) is 5. The molecule has 0 heterocycles. The molecule has 2 rings (SSSR count). The van der Waals surface area contributed by atoms with E-state index in [-0.39, 0.29) is 6.42 Å². The Balaban J connectivity index is 0.000000291. The van der Waals surface area contributed by atoms with Gasteiger partial charge in [0.2, 0.25) is 0 Å². The first-order valence-corrected chi connectivity index (χ1v) is 10.5. The van der Waals surface area contributed by atoms with Gasteiger partial charge in [-0.1, -0.05) is 41.9 Å². The number of hydrogen-bond donors (Lipinski definition) is 2. The molecule has 2 aromatic rings. The van der Waals surface area contributed by atoms with Gasteiger partial charge in [0.1, 0.15) is 5.75 Å². The second-order valence-electron chi connectivity index (χ2n) is 5.71. The zero-order chi connectivity index (χ0) is 21.7. The Hall–Kier alpha value is -2.84. The topological polar surface area (TPSA) is 118 Å². The maximum atomic E-state index is 11.1. The number of ether oxygens (including phenoxy) is 1. The number of carboxylic acid groups (broad SMARTS) is 2. The molecule has 7 nitrogen and oxygen atoms in total. The number of rotatable bonds is 9. The highest BCUT2D eigenvalue weighted by Gasteiger charge is 2.11. The SMILES string of the molecule is O=C(O)CCCOc1ccc(Cl)cc1.O=C(O)CS(=O)(=O)/C=C\c1ccccc1. The number of sulfone groups is 1. The van der Waals surface area contributed by atoms with Crippen LogP contribution in [0.4, 0.5) is 0 Å². The van der Waals surface area contributed by atoms with E-state index in [1.54, 1.807) is 48.5 Å². The minimum atomic E-state index is -3.66. The number of carbonyl (C=O) groups is 2. The third-order valence-electron chi connectivity index (χ3n) is 3.21. The molecule has 0 saturated carbocycles. The first-order valence-electron chi connectivity index (χ1n) is 8.46. The summed E-state index contributed by atoms with van der Waals surface area (Å²) in [5.41, 5.74) is 0.714. The van der Waals surface area contributed by atoms with Crippen LogP contribution in [0.25, 0.3) is 6.08 Å². The predicted octanol–water partition coefficient (Wildman–Crippen LogP) is 3.74. The molecule has 2 aromatic carbocycles. The first-order chi connectivity index (χ1) is 13.7. The van der Waals surface area contributed by atoms with Crippen molar-refractivity contribution in [2.75, 3.05) is 12.4 Å². The third kappa shape index (κ3) is 12.3. The van der Waals surface area contributed by atoms with Gasteiger partial charge in [-0.05, 0) is 42.3 Å². The van der Waals surface area contributed by atoms with E-state index in [9.17, 15) is 18.0 Å². The van der Waals surface area contributed by atoms with E-state index in [0.717, 1.165) is 5.41 Å². The van der Waals surface area contributed by atoms with Gasteiger partial charge in [0.15, 0.2) is 15.6 Å². The van der Waals surface area contributed by atoms with Crippen LogP contribution in [0.5, 0.6) is 5.75 Å². The molecule has 0 unspecified atom stereocenters. The number of halogens is 1. The molecule has 0 aliphatic heterocycles. The average molecular weight is 441 g/mol. The molecule has 0 fully saturated rings. The van der Waals surface area contributed by atoms with Gasteiger partial charge in [-0.15, -0.1) is 0 Å². The molecule has 0 aliphatic carbocycles. The van der Waals surface area contributed by atoms with E-state index < -0.39 is 27.5 Å². The van der Waals surface area contributed by atoms with E-state index in [1.165, 1.54) is 6.08 Å². The van der Waals surface area contributed by atoms with Crippen molar-refractivity contribution in [1.29, 1.82) is 0 Å². The Morgan fingerprint density at radius 2 is 1.59 bits per heavy atom. The summed E-state index contributed by atoms with van der Waals surface area (Å²) >= 11 is 5.68. The van der Waals surface area contributed by atoms with Gasteiger partial charge in [0.25, 0.3) is 0 Å². The molecule has 156 valence electrons. The summed E-state index contributed by atoms with van der Waals surface area (Å²) in [7, 11) is -3.66. The second-order valence-corrected chi connectivity index (χ2v) is 8.04. The number of aliphatic carboxylic acids is 2. The van der Waals surface area contributed by atoms with Crippen molar-refractivity contribution in [3.63, 3.8) is 0 Å². The summed E-state index contributed by atoms with van der Waals surface area (Å²) in [5, 5.41) is 18.3. The van der Waals surface area contributed by atoms with Crippen LogP contribution in [-0.4, -0.2) is 42.9 Å². The molecule has 29 heavy (non-hydrogen) atoms. The van der Waals surface area contributed by atoms with Crippen molar-refractivity contribution in [2.45, 2.75) is 12.8 Å². The Morgan fingerprint density at radius 1 is 0.966 bits per heavy atom. The van der Waals surface area contributed by atoms with E-state index in [4.69, 9.17) is 26.6 Å². The summed E-state index contributed by atoms with van der Waals surface area (Å²) in [6, 6.07) is 15.8. The molecule has 9 heteroatoms. The third-order valence-corrected chi connectivity index (χ3v) is 4.66. The van der Waals surface area contributed by atoms with Crippen molar-refractivity contribution in [3.05, 3.63) is 70.6 Å². The summed E-state index contributed by atoms with van der Waals surface area (Å²) < 4.78 is 27.6. The van der Waals surface area contributed by atoms with Crippen LogP contribution in [0.3, 0.4) is 0 Å². The molecule has 2 N–H and O–H groups in total. The van der Waals surface area contributed by atoms with E-state index in [0.29, 0.717) is 29.4 Å². The molecule has 0 atom stereocenters. The van der Waals surface area contributed by atoms with Crippen molar-refractivity contribution in [3.8, 4) is 5.75 Å². The quantitative estimate of drug-likeness (QED) is 0.570. The molecule has 0 amide bonds. The Labute approximate surface area is 174 Å². The highest BCUT2D eigenvalue weighted by molar-refractivity contribution is 7.95. The second kappa shape index (κ2) is 12.6. The van der Waals surface area contributed by atoms with Crippen LogP contribution < -0.4 is 4.74 Å². The normalized spacial score (nSPS) is 10.8. The molecule has 0 bridgehead atoms. The fraction of sp³-hybridized carbons (Fsp3) is 0.200. The lowest BCUT2D eigenvalue weighted by Crippen LogP contribution is -2.12. The molecular formula is C20H21ClO7S. The van der Waals surface area contributed by atoms with Gasteiger partial charge in [0.05, 0.1) is 6.61 Å². The average Bonchev–Trinajstić information content (AvgIpc) is 2.65. The van der Waals surface area contributed by atoms with Crippen molar-refractivity contribution < 1.29 is 33.0 Å². The summed E-state index contributed by atoms with van der Waals surface area (Å²) in [4.78, 5) is 20.4. The molecule has 0 radical (unpaired) electrons. The monoisotopic (exact) mass is 440 g/mol. The number of benzene rings is 2. The lowest BCUT2D eigenvalue weighted by Gasteiger charge is -2.04. The maximum absolute atomic E-state index is 11.1. The van der Waals surface area contributed by atoms with E-state index >= 15 is 0 Å². The minimum absolute atomic E-state index is 0.133. The van der Waals surface area contributed by atoms with Crippen molar-refractivity contribution >= 4 is 39.5 Å². The lowest BCUT2D eigenvalue weighted by molar-refractivity contribution is -0.137. The Morgan fingerprint density at radius 3 is 2.14 bits per heavy atom. The maximum Gasteiger partial charge on any atom is 0.319 e. The molecule has 0 saturated heterocycles. The van der Waals surface area contributed by atoms with Gasteiger partial charge in [-0.2, -0.15) is 0 Å². The van der Waals surface area contributed by atoms with Crippen molar-refractivity contribution in [2.24, 2.45) is 0 Å². The van der Waals surface area contributed by atoms with E-state index in [1.807, 2.05) is 6.07 Å². The smallest absolute Gasteiger partial charge is 0.319 e. The first kappa shape index (κ1) is 24.2. The van der Waals surface area contributed by atoms with Gasteiger partial charge in [0, 0.05) is 16.9 Å². The fourth-order valence-electron chi connectivity index (χ4n) is 1.91. The standard InChI is InChI=1S/C10H11ClO3.C10H10O4S/c11-8-3-5-9(6-4-8)14-7-1-2-10(12)13;11-10(12)8-15(13,14)7-6-9-4-2-1-3-5-9/h3-6H,1-2,7H2,(H,12,13);1-7H,8H2,(H,11,12)/b;7-6-. The van der Waals surface area contributed by atoms with Crippen LogP contribution in [0.2, 0.25) is 5.02 Å². The summed E-state index contributed by atoms with van der Waals surface area (Å²) in [6.07, 6.45) is 2.02. The van der Waals surface area contributed by atoms with Gasteiger partial charge < -0.3 is 14.9 Å². The Bertz CT molecular complexity index is 908. The van der Waals surface area contributed by atoms with E-state index in [2.05, 4.69) is 0 Å². The summed E-state index contributed by atoms with van der Waals surface area (Å²) in [5.74, 6) is -2.33. The van der Waals surface area contributed by atoms with Crippen LogP contribution in [0.1, 0.15) is 18.4 Å². The van der Waals surface area contributed by atoms with Crippen LogP contribution >= 0.6 is 11.6 Å². The molecular weight excluding hydrogens is 420 g/mol. The minimum Gasteiger partial charge on any atom is -0.494 e. The highest BCUT2D eigenvalue weighted by Crippen LogP contribution is 2.15. The lowest BCUT2D eigenvalue weighted by atomic mass is 10.2. The van der Waals surface area contributed by atoms with Crippen LogP contribution in [0, 0.1) is 0 Å². The highest BCUT2D eigenvalue weighted by atomic mass is 35.5. The summed E-state index contributed by atoms with van der Waals surface area (Å²) in [6.45, 7) is 0.411. The van der Waals surface area contributed by atoms with Gasteiger partial charge >= 0.3 is 11.9 Å². The fourth-order valence-corrected chi connectivity index (χ4v) is 2.84. The van der Waals surface area contributed by atoms with Gasteiger partial charge in [-0.25, -0.2) is 8.42 Å². The largest absolute Gasteiger partial charge is 0.494 e. The van der Waals surface area contributed by atoms with Crippen LogP contribution in [0.15, 0.2) is 60.0 Å². The van der Waals surface area contributed by atoms with Crippen molar-refractivity contribution in [1.82, 2.24) is 0 Å². The molecule has 0 aromatic heterocycles. The number of carboxylic acids is 2. The van der Waals surface area contributed by atoms with Gasteiger partial charge in [-0.3, -0.25) is 9.59 Å². The predicted molar refractivity (Wildman–Crippen MR) is 111 cm³/mol. The van der Waals surface area contributed by atoms with Crippen LogP contribution in [-0.2, 0) is 19.4 Å². The Kier molecular flexibility index (Phi) is 10.5. The zero-order valence-corrected chi connectivity index (χ0v) is 17.0. The molecule has 0 aliphatic rings. The zero-order valence-electron chi connectivity index (χ0n) is 15.4.